The maximum absolute atomic E-state index is 11.7. The van der Waals surface area contributed by atoms with Gasteiger partial charge < -0.3 is 5.11 Å². The van der Waals surface area contributed by atoms with Crippen molar-refractivity contribution in [2.24, 2.45) is 5.92 Å². The van der Waals surface area contributed by atoms with Crippen LogP contribution in [0.1, 0.15) is 16.8 Å². The topological polar surface area (TPSA) is 83.4 Å². The number of aliphatic hydroxyl groups excluding tert-OH is 1. The number of anilines is 1. The van der Waals surface area contributed by atoms with Crippen molar-refractivity contribution in [3.05, 3.63) is 15.9 Å². The summed E-state index contributed by atoms with van der Waals surface area (Å²) in [6, 6.07) is 0. The first kappa shape index (κ1) is 13.2. The number of hydrogen-bond acceptors (Lipinski definition) is 5. The van der Waals surface area contributed by atoms with E-state index in [1.165, 1.54) is 4.90 Å². The van der Waals surface area contributed by atoms with Crippen molar-refractivity contribution in [3.8, 4) is 0 Å². The summed E-state index contributed by atoms with van der Waals surface area (Å²) in [5, 5.41) is 8.83. The molecule has 0 saturated carbocycles. The Labute approximate surface area is 113 Å². The Morgan fingerprint density at radius 1 is 1.39 bits per heavy atom. The number of nitrogens with zero attached hydrogens (tertiary/aromatic N) is 3. The van der Waals surface area contributed by atoms with Gasteiger partial charge in [0.05, 0.1) is 5.56 Å². The molecule has 1 aliphatic rings. The monoisotopic (exact) mass is 289 g/mol. The molecule has 0 aliphatic carbocycles. The molecule has 96 valence electrons. The standard InChI is InChI=1S/C10H9Cl2N3O3/c11-8-6(4-17)9(12)14-10(13-8)15-2-5(3-16)1-7(15)18/h4-5,16H,1-3H2. The normalized spacial score (nSPS) is 19.4. The second kappa shape index (κ2) is 5.17. The Morgan fingerprint density at radius 2 is 2.00 bits per heavy atom. The third-order valence-corrected chi connectivity index (χ3v) is 3.24. The van der Waals surface area contributed by atoms with Crippen LogP contribution in [0, 0.1) is 5.92 Å². The molecule has 1 aliphatic heterocycles. The van der Waals surface area contributed by atoms with Gasteiger partial charge in [0.2, 0.25) is 11.9 Å². The highest BCUT2D eigenvalue weighted by molar-refractivity contribution is 6.37. The Hall–Kier alpha value is -1.24. The van der Waals surface area contributed by atoms with E-state index in [1.807, 2.05) is 0 Å². The summed E-state index contributed by atoms with van der Waals surface area (Å²) in [6.07, 6.45) is 0.682. The highest BCUT2D eigenvalue weighted by Gasteiger charge is 2.32. The number of carbonyl (C=O) groups is 2. The molecular formula is C10H9Cl2N3O3. The molecule has 1 N–H and O–H groups in total. The summed E-state index contributed by atoms with van der Waals surface area (Å²) in [5.41, 5.74) is -0.00700. The van der Waals surface area contributed by atoms with Gasteiger partial charge in [-0.1, -0.05) is 23.2 Å². The molecule has 2 heterocycles. The fraction of sp³-hybridized carbons (Fsp3) is 0.400. The lowest BCUT2D eigenvalue weighted by atomic mass is 10.1. The minimum atomic E-state index is -0.208. The van der Waals surface area contributed by atoms with Crippen molar-refractivity contribution in [2.75, 3.05) is 18.1 Å². The van der Waals surface area contributed by atoms with Crippen molar-refractivity contribution in [2.45, 2.75) is 6.42 Å². The van der Waals surface area contributed by atoms with E-state index in [0.717, 1.165) is 0 Å². The van der Waals surface area contributed by atoms with E-state index in [-0.39, 0.29) is 46.7 Å². The van der Waals surface area contributed by atoms with Gasteiger partial charge in [-0.05, 0) is 0 Å². The van der Waals surface area contributed by atoms with Crippen molar-refractivity contribution in [1.29, 1.82) is 0 Å². The fourth-order valence-electron chi connectivity index (χ4n) is 1.72. The number of aldehydes is 1. The van der Waals surface area contributed by atoms with Crippen LogP contribution in [0.4, 0.5) is 5.95 Å². The molecule has 0 bridgehead atoms. The molecule has 1 unspecified atom stereocenters. The lowest BCUT2D eigenvalue weighted by Crippen LogP contribution is -2.27. The van der Waals surface area contributed by atoms with Gasteiger partial charge in [-0.25, -0.2) is 0 Å². The van der Waals surface area contributed by atoms with Gasteiger partial charge in [-0.3, -0.25) is 14.5 Å². The first-order valence-corrected chi connectivity index (χ1v) is 5.91. The fourth-order valence-corrected chi connectivity index (χ4v) is 2.19. The van der Waals surface area contributed by atoms with E-state index in [0.29, 0.717) is 12.8 Å². The Balaban J connectivity index is 2.35. The smallest absolute Gasteiger partial charge is 0.235 e. The Bertz CT molecular complexity index is 486. The summed E-state index contributed by atoms with van der Waals surface area (Å²) in [7, 11) is 0. The highest BCUT2D eigenvalue weighted by Crippen LogP contribution is 2.26. The van der Waals surface area contributed by atoms with E-state index in [1.54, 1.807) is 0 Å². The van der Waals surface area contributed by atoms with Crippen LogP contribution >= 0.6 is 23.2 Å². The second-order valence-corrected chi connectivity index (χ2v) is 4.61. The first-order valence-electron chi connectivity index (χ1n) is 5.16. The zero-order valence-corrected chi connectivity index (χ0v) is 10.6. The van der Waals surface area contributed by atoms with Gasteiger partial charge in [0.25, 0.3) is 0 Å². The number of hydrogen-bond donors (Lipinski definition) is 1. The zero-order chi connectivity index (χ0) is 13.3. The van der Waals surface area contributed by atoms with Crippen molar-refractivity contribution >= 4 is 41.3 Å². The lowest BCUT2D eigenvalue weighted by molar-refractivity contribution is -0.117. The van der Waals surface area contributed by atoms with E-state index in [4.69, 9.17) is 28.3 Å². The average Bonchev–Trinajstić information content (AvgIpc) is 2.70. The summed E-state index contributed by atoms with van der Waals surface area (Å²) in [5.74, 6) is -0.305. The number of aliphatic hydroxyl groups is 1. The van der Waals surface area contributed by atoms with Crippen LogP contribution in [0.2, 0.25) is 10.3 Å². The molecule has 6 nitrogen and oxygen atoms in total. The largest absolute Gasteiger partial charge is 0.396 e. The number of aromatic nitrogens is 2. The Morgan fingerprint density at radius 3 is 2.44 bits per heavy atom. The van der Waals surface area contributed by atoms with E-state index < -0.39 is 0 Å². The number of amides is 1. The van der Waals surface area contributed by atoms with Crippen LogP contribution in [0.15, 0.2) is 0 Å². The number of rotatable bonds is 3. The molecule has 2 rings (SSSR count). The average molecular weight is 290 g/mol. The predicted molar refractivity (Wildman–Crippen MR) is 65.0 cm³/mol. The van der Waals surface area contributed by atoms with Crippen LogP contribution in [0.25, 0.3) is 0 Å². The maximum atomic E-state index is 11.7. The number of carbonyl (C=O) groups excluding carboxylic acids is 2. The van der Waals surface area contributed by atoms with E-state index in [9.17, 15) is 9.59 Å². The van der Waals surface area contributed by atoms with Gasteiger partial charge in [-0.15, -0.1) is 0 Å². The number of halogens is 2. The second-order valence-electron chi connectivity index (χ2n) is 3.89. The molecule has 1 amide bonds. The van der Waals surface area contributed by atoms with Gasteiger partial charge in [0.15, 0.2) is 6.29 Å². The van der Waals surface area contributed by atoms with Gasteiger partial charge >= 0.3 is 0 Å². The summed E-state index contributed by atoms with van der Waals surface area (Å²) in [6.45, 7) is 0.221. The minimum absolute atomic E-state index is 0.00700. The van der Waals surface area contributed by atoms with Crippen LogP contribution in [-0.2, 0) is 4.79 Å². The summed E-state index contributed by atoms with van der Waals surface area (Å²) >= 11 is 11.6. The van der Waals surface area contributed by atoms with Gasteiger partial charge in [0, 0.05) is 25.5 Å². The summed E-state index contributed by atoms with van der Waals surface area (Å²) < 4.78 is 0. The van der Waals surface area contributed by atoms with Crippen molar-refractivity contribution < 1.29 is 14.7 Å². The lowest BCUT2D eigenvalue weighted by Gasteiger charge is -2.14. The predicted octanol–water partition coefficient (Wildman–Crippen LogP) is 0.941. The third-order valence-electron chi connectivity index (χ3n) is 2.66. The molecule has 0 aromatic carbocycles. The zero-order valence-electron chi connectivity index (χ0n) is 9.14. The summed E-state index contributed by atoms with van der Waals surface area (Å²) in [4.78, 5) is 31.4. The van der Waals surface area contributed by atoms with Crippen molar-refractivity contribution in [3.63, 3.8) is 0 Å². The molecule has 1 fully saturated rings. The third kappa shape index (κ3) is 2.31. The van der Waals surface area contributed by atoms with Crippen molar-refractivity contribution in [1.82, 2.24) is 9.97 Å². The minimum Gasteiger partial charge on any atom is -0.396 e. The molecule has 1 aromatic heterocycles. The van der Waals surface area contributed by atoms with Crippen LogP contribution in [0.5, 0.6) is 0 Å². The SMILES string of the molecule is O=Cc1c(Cl)nc(N2CC(CO)CC2=O)nc1Cl. The highest BCUT2D eigenvalue weighted by atomic mass is 35.5. The molecule has 0 radical (unpaired) electrons. The first-order chi connectivity index (χ1) is 8.56. The molecule has 1 aromatic rings. The molecule has 1 atom stereocenters. The van der Waals surface area contributed by atoms with E-state index >= 15 is 0 Å². The molecule has 0 spiro atoms. The van der Waals surface area contributed by atoms with Crippen LogP contribution in [-0.4, -0.2) is 40.4 Å². The van der Waals surface area contributed by atoms with Gasteiger partial charge in [0.1, 0.15) is 10.3 Å². The quantitative estimate of drug-likeness (QED) is 0.661. The molecule has 8 heteroatoms. The van der Waals surface area contributed by atoms with Crippen LogP contribution < -0.4 is 4.90 Å². The van der Waals surface area contributed by atoms with Crippen LogP contribution in [0.3, 0.4) is 0 Å². The maximum Gasteiger partial charge on any atom is 0.235 e. The molecule has 18 heavy (non-hydrogen) atoms. The Kier molecular flexibility index (Phi) is 3.79. The van der Waals surface area contributed by atoms with E-state index in [2.05, 4.69) is 9.97 Å². The molecular weight excluding hydrogens is 281 g/mol. The van der Waals surface area contributed by atoms with Gasteiger partial charge in [-0.2, -0.15) is 9.97 Å². The molecule has 1 saturated heterocycles.